The van der Waals surface area contributed by atoms with Gasteiger partial charge in [0.15, 0.2) is 11.5 Å². The topological polar surface area (TPSA) is 87.6 Å². The van der Waals surface area contributed by atoms with Crippen molar-refractivity contribution < 1.29 is 28.5 Å². The molecule has 0 fully saturated rings. The van der Waals surface area contributed by atoms with E-state index in [9.17, 15) is 4.79 Å². The summed E-state index contributed by atoms with van der Waals surface area (Å²) in [5.74, 6) is 2.55. The Bertz CT molecular complexity index is 779. The second-order valence-electron chi connectivity index (χ2n) is 5.15. The number of carbonyl (C=O) groups is 1. The summed E-state index contributed by atoms with van der Waals surface area (Å²) in [5, 5.41) is 3.76. The Hall–Kier alpha value is -3.42. The Labute approximate surface area is 157 Å². The zero-order valence-corrected chi connectivity index (χ0v) is 15.4. The normalized spacial score (nSPS) is 10.3. The molecule has 0 heterocycles. The third-order valence-electron chi connectivity index (χ3n) is 3.39. The molecule has 2 aromatic rings. The van der Waals surface area contributed by atoms with E-state index in [0.29, 0.717) is 30.5 Å². The van der Waals surface area contributed by atoms with Crippen molar-refractivity contribution in [2.45, 2.75) is 0 Å². The van der Waals surface area contributed by atoms with Crippen molar-refractivity contribution in [2.75, 3.05) is 34.5 Å². The second-order valence-corrected chi connectivity index (χ2v) is 5.15. The fourth-order valence-electron chi connectivity index (χ4n) is 2.09. The smallest absolute Gasteiger partial charge is 0.427 e. The lowest BCUT2D eigenvalue weighted by Gasteiger charge is -2.12. The highest BCUT2D eigenvalue weighted by atomic mass is 16.5. The van der Waals surface area contributed by atoms with Crippen LogP contribution < -0.4 is 24.4 Å². The molecule has 0 spiro atoms. The van der Waals surface area contributed by atoms with Gasteiger partial charge in [0.1, 0.15) is 24.7 Å². The Morgan fingerprint density at radius 1 is 0.963 bits per heavy atom. The lowest BCUT2D eigenvalue weighted by molar-refractivity contribution is 0.171. The lowest BCUT2D eigenvalue weighted by atomic mass is 10.2. The van der Waals surface area contributed by atoms with Gasteiger partial charge in [0.05, 0.1) is 27.5 Å². The van der Waals surface area contributed by atoms with Crippen LogP contribution in [0.15, 0.2) is 47.6 Å². The van der Waals surface area contributed by atoms with Crippen LogP contribution in [0.25, 0.3) is 0 Å². The number of benzene rings is 2. The SMILES string of the molecule is COC(=O)N/N=C\c1ccc(OCCOc2cccc(OC)c2)c(OC)c1. The zero-order valence-electron chi connectivity index (χ0n) is 15.4. The lowest BCUT2D eigenvalue weighted by Crippen LogP contribution is -2.16. The number of nitrogens with zero attached hydrogens (tertiary/aromatic N) is 1. The van der Waals surface area contributed by atoms with Crippen LogP contribution in [0.4, 0.5) is 4.79 Å². The average Bonchev–Trinajstić information content (AvgIpc) is 2.71. The molecule has 1 N–H and O–H groups in total. The molecule has 0 atom stereocenters. The van der Waals surface area contributed by atoms with Crippen molar-refractivity contribution in [2.24, 2.45) is 5.10 Å². The third-order valence-corrected chi connectivity index (χ3v) is 3.39. The molecule has 8 nitrogen and oxygen atoms in total. The van der Waals surface area contributed by atoms with Gasteiger partial charge in [0.2, 0.25) is 0 Å². The third kappa shape index (κ3) is 6.43. The maximum absolute atomic E-state index is 11.0. The zero-order chi connectivity index (χ0) is 19.5. The first kappa shape index (κ1) is 19.9. The second kappa shape index (κ2) is 10.5. The number of amides is 1. The summed E-state index contributed by atoms with van der Waals surface area (Å²) < 4.78 is 26.2. The number of methoxy groups -OCH3 is 3. The van der Waals surface area contributed by atoms with Crippen LogP contribution in [-0.4, -0.2) is 46.9 Å². The van der Waals surface area contributed by atoms with E-state index in [4.69, 9.17) is 18.9 Å². The molecule has 2 rings (SSSR count). The molecular weight excluding hydrogens is 352 g/mol. The minimum absolute atomic E-state index is 0.338. The number of hydrogen-bond donors (Lipinski definition) is 1. The Balaban J connectivity index is 1.87. The van der Waals surface area contributed by atoms with E-state index in [2.05, 4.69) is 15.3 Å². The summed E-state index contributed by atoms with van der Waals surface area (Å²) in [5.41, 5.74) is 2.93. The van der Waals surface area contributed by atoms with E-state index in [-0.39, 0.29) is 0 Å². The van der Waals surface area contributed by atoms with Crippen molar-refractivity contribution >= 4 is 12.3 Å². The van der Waals surface area contributed by atoms with E-state index in [1.165, 1.54) is 13.3 Å². The molecule has 0 saturated carbocycles. The van der Waals surface area contributed by atoms with Gasteiger partial charge in [-0.05, 0) is 35.9 Å². The van der Waals surface area contributed by atoms with E-state index in [1.54, 1.807) is 38.5 Å². The van der Waals surface area contributed by atoms with Crippen LogP contribution in [0.1, 0.15) is 5.56 Å². The van der Waals surface area contributed by atoms with E-state index >= 15 is 0 Å². The minimum atomic E-state index is -0.644. The average molecular weight is 374 g/mol. The first-order valence-electron chi connectivity index (χ1n) is 8.11. The van der Waals surface area contributed by atoms with Crippen LogP contribution in [0, 0.1) is 0 Å². The number of hydrogen-bond acceptors (Lipinski definition) is 7. The van der Waals surface area contributed by atoms with Gasteiger partial charge >= 0.3 is 6.09 Å². The highest BCUT2D eigenvalue weighted by Crippen LogP contribution is 2.27. The van der Waals surface area contributed by atoms with Crippen LogP contribution >= 0.6 is 0 Å². The van der Waals surface area contributed by atoms with Gasteiger partial charge in [-0.15, -0.1) is 0 Å². The number of rotatable bonds is 9. The maximum Gasteiger partial charge on any atom is 0.427 e. The van der Waals surface area contributed by atoms with E-state index in [1.807, 2.05) is 18.2 Å². The summed E-state index contributed by atoms with van der Waals surface area (Å²) in [7, 11) is 4.41. The summed E-state index contributed by atoms with van der Waals surface area (Å²) in [6.45, 7) is 0.702. The van der Waals surface area contributed by atoms with Gasteiger partial charge < -0.3 is 23.7 Å². The fourth-order valence-corrected chi connectivity index (χ4v) is 2.09. The van der Waals surface area contributed by atoms with Crippen LogP contribution in [0.3, 0.4) is 0 Å². The monoisotopic (exact) mass is 374 g/mol. The van der Waals surface area contributed by atoms with Gasteiger partial charge in [-0.25, -0.2) is 10.2 Å². The van der Waals surface area contributed by atoms with Crippen molar-refractivity contribution in [3.05, 3.63) is 48.0 Å². The fraction of sp³-hybridized carbons (Fsp3) is 0.263. The molecule has 27 heavy (non-hydrogen) atoms. The molecule has 0 aliphatic rings. The Morgan fingerprint density at radius 3 is 2.48 bits per heavy atom. The maximum atomic E-state index is 11.0. The Kier molecular flexibility index (Phi) is 7.77. The molecule has 0 aliphatic heterocycles. The number of nitrogens with one attached hydrogen (secondary N) is 1. The molecule has 0 saturated heterocycles. The Morgan fingerprint density at radius 2 is 1.74 bits per heavy atom. The first-order chi connectivity index (χ1) is 13.2. The minimum Gasteiger partial charge on any atom is -0.497 e. The molecule has 1 amide bonds. The van der Waals surface area contributed by atoms with Gasteiger partial charge in [0.25, 0.3) is 0 Å². The van der Waals surface area contributed by atoms with Crippen molar-refractivity contribution in [1.29, 1.82) is 0 Å². The molecule has 144 valence electrons. The van der Waals surface area contributed by atoms with Crippen molar-refractivity contribution in [3.63, 3.8) is 0 Å². The molecule has 8 heteroatoms. The van der Waals surface area contributed by atoms with Crippen LogP contribution in [0.2, 0.25) is 0 Å². The largest absolute Gasteiger partial charge is 0.497 e. The van der Waals surface area contributed by atoms with E-state index < -0.39 is 6.09 Å². The van der Waals surface area contributed by atoms with Gasteiger partial charge in [-0.3, -0.25) is 0 Å². The van der Waals surface area contributed by atoms with Gasteiger partial charge in [0, 0.05) is 6.07 Å². The molecule has 0 bridgehead atoms. The highest BCUT2D eigenvalue weighted by molar-refractivity contribution is 5.82. The van der Waals surface area contributed by atoms with Gasteiger partial charge in [-0.2, -0.15) is 5.10 Å². The number of hydrazone groups is 1. The molecule has 0 unspecified atom stereocenters. The molecule has 0 radical (unpaired) electrons. The molecule has 0 aliphatic carbocycles. The summed E-state index contributed by atoms with van der Waals surface area (Å²) in [6, 6.07) is 12.6. The van der Waals surface area contributed by atoms with E-state index in [0.717, 1.165) is 11.3 Å². The highest BCUT2D eigenvalue weighted by Gasteiger charge is 2.06. The molecule has 0 aromatic heterocycles. The summed E-state index contributed by atoms with van der Waals surface area (Å²) in [4.78, 5) is 11.0. The number of carbonyl (C=O) groups excluding carboxylic acids is 1. The summed E-state index contributed by atoms with van der Waals surface area (Å²) in [6.07, 6.45) is 0.823. The predicted octanol–water partition coefficient (Wildman–Crippen LogP) is 2.85. The molecule has 2 aromatic carbocycles. The predicted molar refractivity (Wildman–Crippen MR) is 100 cm³/mol. The van der Waals surface area contributed by atoms with Crippen molar-refractivity contribution in [3.8, 4) is 23.0 Å². The van der Waals surface area contributed by atoms with Crippen LogP contribution in [-0.2, 0) is 4.74 Å². The van der Waals surface area contributed by atoms with Crippen molar-refractivity contribution in [1.82, 2.24) is 5.43 Å². The van der Waals surface area contributed by atoms with Crippen LogP contribution in [0.5, 0.6) is 23.0 Å². The molecular formula is C19H22N2O6. The van der Waals surface area contributed by atoms with Gasteiger partial charge in [-0.1, -0.05) is 6.07 Å². The quantitative estimate of drug-likeness (QED) is 0.413. The standard InChI is InChI=1S/C19H22N2O6/c1-23-15-5-4-6-16(12-15)26-9-10-27-17-8-7-14(11-18(17)24-2)13-20-21-19(22)25-3/h4-8,11-13H,9-10H2,1-3H3,(H,21,22)/b20-13-. The summed E-state index contributed by atoms with van der Waals surface area (Å²) >= 11 is 0. The first-order valence-corrected chi connectivity index (χ1v) is 8.11. The number of ether oxygens (including phenoxy) is 5.